The third-order valence-corrected chi connectivity index (χ3v) is 5.98. The summed E-state index contributed by atoms with van der Waals surface area (Å²) in [5, 5.41) is 3.31. The van der Waals surface area contributed by atoms with Gasteiger partial charge in [0.05, 0.1) is 18.8 Å². The van der Waals surface area contributed by atoms with Gasteiger partial charge >= 0.3 is 0 Å². The van der Waals surface area contributed by atoms with Gasteiger partial charge in [-0.15, -0.1) is 12.4 Å². The molecule has 138 valence electrons. The van der Waals surface area contributed by atoms with Crippen LogP contribution in [0.2, 0.25) is 0 Å². The van der Waals surface area contributed by atoms with Crippen LogP contribution in [0.1, 0.15) is 26.7 Å². The fourth-order valence-corrected chi connectivity index (χ4v) is 4.62. The van der Waals surface area contributed by atoms with Gasteiger partial charge in [-0.05, 0) is 39.8 Å². The molecule has 0 unspecified atom stereocenters. The second-order valence-electron chi connectivity index (χ2n) is 6.95. The van der Waals surface area contributed by atoms with Gasteiger partial charge in [0.1, 0.15) is 0 Å². The van der Waals surface area contributed by atoms with Crippen molar-refractivity contribution >= 4 is 22.6 Å². The van der Waals surface area contributed by atoms with Crippen molar-refractivity contribution in [3.63, 3.8) is 0 Å². The summed E-state index contributed by atoms with van der Waals surface area (Å²) in [5.41, 5.74) is -0.555. The molecule has 0 aromatic carbocycles. The molecule has 2 aliphatic rings. The van der Waals surface area contributed by atoms with Gasteiger partial charge in [-0.25, -0.2) is 4.72 Å². The molecule has 0 aliphatic carbocycles. The molecule has 2 heterocycles. The smallest absolute Gasteiger partial charge is 0.279 e. The minimum absolute atomic E-state index is 0. The van der Waals surface area contributed by atoms with Gasteiger partial charge in [0.25, 0.3) is 10.2 Å². The lowest BCUT2D eigenvalue weighted by Gasteiger charge is -2.40. The Bertz CT molecular complexity index is 461. The molecular formula is C14H30ClN3O4S. The maximum absolute atomic E-state index is 12.6. The van der Waals surface area contributed by atoms with Gasteiger partial charge in [-0.2, -0.15) is 12.7 Å². The Morgan fingerprint density at radius 3 is 2.52 bits per heavy atom. The molecule has 0 spiro atoms. The van der Waals surface area contributed by atoms with E-state index in [0.717, 1.165) is 25.9 Å². The van der Waals surface area contributed by atoms with E-state index < -0.39 is 15.8 Å². The van der Waals surface area contributed by atoms with Crippen LogP contribution in [0.5, 0.6) is 0 Å². The Kier molecular flexibility index (Phi) is 7.72. The van der Waals surface area contributed by atoms with E-state index in [9.17, 15) is 8.42 Å². The second kappa shape index (κ2) is 8.42. The first kappa shape index (κ1) is 21.1. The van der Waals surface area contributed by atoms with Crippen LogP contribution in [-0.4, -0.2) is 71.4 Å². The highest BCUT2D eigenvalue weighted by Crippen LogP contribution is 2.29. The molecule has 0 aromatic rings. The van der Waals surface area contributed by atoms with Crippen molar-refractivity contribution in [1.82, 2.24) is 14.3 Å². The Morgan fingerprint density at radius 2 is 1.96 bits per heavy atom. The maximum atomic E-state index is 12.6. The van der Waals surface area contributed by atoms with Crippen LogP contribution < -0.4 is 10.0 Å². The number of hydrogen-bond donors (Lipinski definition) is 2. The number of hydrogen-bond acceptors (Lipinski definition) is 5. The van der Waals surface area contributed by atoms with E-state index in [-0.39, 0.29) is 17.8 Å². The summed E-state index contributed by atoms with van der Waals surface area (Å²) in [6.07, 6.45) is 1.83. The van der Waals surface area contributed by atoms with Gasteiger partial charge in [0.2, 0.25) is 0 Å². The molecule has 2 saturated heterocycles. The molecule has 2 N–H and O–H groups in total. The summed E-state index contributed by atoms with van der Waals surface area (Å²) in [4.78, 5) is 0. The molecule has 9 heteroatoms. The Labute approximate surface area is 146 Å². The number of piperidine rings is 1. The number of methoxy groups -OCH3 is 1. The van der Waals surface area contributed by atoms with Crippen LogP contribution in [0, 0.1) is 5.41 Å². The van der Waals surface area contributed by atoms with Gasteiger partial charge < -0.3 is 14.8 Å². The molecule has 0 saturated carbocycles. The Morgan fingerprint density at radius 1 is 1.30 bits per heavy atom. The molecule has 2 aliphatic heterocycles. The average molecular weight is 372 g/mol. The van der Waals surface area contributed by atoms with E-state index in [1.165, 1.54) is 4.31 Å². The van der Waals surface area contributed by atoms with E-state index in [4.69, 9.17) is 9.47 Å². The summed E-state index contributed by atoms with van der Waals surface area (Å²) in [7, 11) is -1.81. The van der Waals surface area contributed by atoms with Crippen LogP contribution in [-0.2, 0) is 19.7 Å². The topological polar surface area (TPSA) is 79.9 Å². The molecule has 23 heavy (non-hydrogen) atoms. The largest absolute Gasteiger partial charge is 0.384 e. The SMILES string of the molecule is COCC1(CNS(=O)(=O)N2CCOC(C)(C)C2)CCNCC1.Cl. The van der Waals surface area contributed by atoms with E-state index in [1.807, 2.05) is 13.8 Å². The standard InChI is InChI=1S/C14H29N3O4S.ClH/c1-13(2)11-17(8-9-21-13)22(18,19)16-10-14(12-20-3)4-6-15-7-5-14;/h15-16H,4-12H2,1-3H3;1H. The normalized spacial score (nSPS) is 24.8. The quantitative estimate of drug-likeness (QED) is 0.705. The van der Waals surface area contributed by atoms with E-state index in [2.05, 4.69) is 10.0 Å². The zero-order valence-corrected chi connectivity index (χ0v) is 15.9. The molecule has 0 amide bonds. The fourth-order valence-electron chi connectivity index (χ4n) is 3.15. The van der Waals surface area contributed by atoms with Crippen molar-refractivity contribution in [3.05, 3.63) is 0 Å². The number of nitrogens with one attached hydrogen (secondary N) is 2. The summed E-state index contributed by atoms with van der Waals surface area (Å²) >= 11 is 0. The van der Waals surface area contributed by atoms with Gasteiger partial charge in [0, 0.05) is 32.2 Å². The van der Waals surface area contributed by atoms with Gasteiger partial charge in [-0.1, -0.05) is 0 Å². The summed E-state index contributed by atoms with van der Waals surface area (Å²) in [6.45, 7) is 7.82. The lowest BCUT2D eigenvalue weighted by Crippen LogP contribution is -2.55. The molecule has 0 atom stereocenters. The van der Waals surface area contributed by atoms with Crippen LogP contribution in [0.25, 0.3) is 0 Å². The molecule has 0 aromatic heterocycles. The predicted octanol–water partition coefficient (Wildman–Crippen LogP) is 0.370. The molecular weight excluding hydrogens is 342 g/mol. The van der Waals surface area contributed by atoms with Crippen LogP contribution in [0.3, 0.4) is 0 Å². The first-order valence-electron chi connectivity index (χ1n) is 7.87. The monoisotopic (exact) mass is 371 g/mol. The van der Waals surface area contributed by atoms with E-state index in [0.29, 0.717) is 32.8 Å². The Balaban J connectivity index is 0.00000264. The van der Waals surface area contributed by atoms with Crippen LogP contribution >= 0.6 is 12.4 Å². The van der Waals surface area contributed by atoms with Crippen molar-refractivity contribution in [1.29, 1.82) is 0 Å². The van der Waals surface area contributed by atoms with Crippen molar-refractivity contribution in [2.45, 2.75) is 32.3 Å². The summed E-state index contributed by atoms with van der Waals surface area (Å²) < 4.78 is 40.3. The van der Waals surface area contributed by atoms with Gasteiger partial charge in [-0.3, -0.25) is 0 Å². The number of halogens is 1. The average Bonchev–Trinajstić information content (AvgIpc) is 2.46. The van der Waals surface area contributed by atoms with Crippen molar-refractivity contribution < 1.29 is 17.9 Å². The highest BCUT2D eigenvalue weighted by Gasteiger charge is 2.37. The fraction of sp³-hybridized carbons (Fsp3) is 1.00. The maximum Gasteiger partial charge on any atom is 0.279 e. The molecule has 2 fully saturated rings. The number of nitrogens with zero attached hydrogens (tertiary/aromatic N) is 1. The molecule has 0 radical (unpaired) electrons. The summed E-state index contributed by atoms with van der Waals surface area (Å²) in [6, 6.07) is 0. The zero-order valence-electron chi connectivity index (χ0n) is 14.3. The highest BCUT2D eigenvalue weighted by molar-refractivity contribution is 7.87. The van der Waals surface area contributed by atoms with Crippen molar-refractivity contribution in [2.75, 3.05) is 53.0 Å². The number of ether oxygens (including phenoxy) is 2. The highest BCUT2D eigenvalue weighted by atomic mass is 35.5. The molecule has 7 nitrogen and oxygen atoms in total. The lowest BCUT2D eigenvalue weighted by atomic mass is 9.80. The lowest BCUT2D eigenvalue weighted by molar-refractivity contribution is -0.0644. The molecule has 2 rings (SSSR count). The number of rotatable bonds is 6. The molecule has 0 bridgehead atoms. The van der Waals surface area contributed by atoms with Crippen molar-refractivity contribution in [3.8, 4) is 0 Å². The third kappa shape index (κ3) is 5.81. The zero-order chi connectivity index (χ0) is 16.3. The third-order valence-electron chi connectivity index (χ3n) is 4.47. The first-order valence-corrected chi connectivity index (χ1v) is 9.31. The second-order valence-corrected chi connectivity index (χ2v) is 8.71. The van der Waals surface area contributed by atoms with E-state index >= 15 is 0 Å². The predicted molar refractivity (Wildman–Crippen MR) is 92.2 cm³/mol. The van der Waals surface area contributed by atoms with Crippen molar-refractivity contribution in [2.24, 2.45) is 5.41 Å². The van der Waals surface area contributed by atoms with Crippen LogP contribution in [0.4, 0.5) is 0 Å². The first-order chi connectivity index (χ1) is 10.3. The number of morpholine rings is 1. The summed E-state index contributed by atoms with van der Waals surface area (Å²) in [5.74, 6) is 0. The minimum atomic E-state index is -3.48. The Hall–Kier alpha value is 0.0400. The van der Waals surface area contributed by atoms with E-state index in [1.54, 1.807) is 7.11 Å². The van der Waals surface area contributed by atoms with Crippen LogP contribution in [0.15, 0.2) is 0 Å². The minimum Gasteiger partial charge on any atom is -0.384 e. The van der Waals surface area contributed by atoms with Gasteiger partial charge in [0.15, 0.2) is 0 Å².